The molecule has 9 heteroatoms. The predicted molar refractivity (Wildman–Crippen MR) is 93.9 cm³/mol. The van der Waals surface area contributed by atoms with E-state index in [-0.39, 0.29) is 18.7 Å². The average Bonchev–Trinajstić information content (AvgIpc) is 2.56. The third kappa shape index (κ3) is 4.07. The number of halogens is 4. The molecule has 3 rings (SSSR count). The highest BCUT2D eigenvalue weighted by atomic mass is 19.4. The Morgan fingerprint density at radius 3 is 2.61 bits per heavy atom. The lowest BCUT2D eigenvalue weighted by Crippen LogP contribution is -2.59. The summed E-state index contributed by atoms with van der Waals surface area (Å²) in [6.07, 6.45) is -4.52. The molecular formula is C19H23F4N3O2. The van der Waals surface area contributed by atoms with Crippen LogP contribution in [0.1, 0.15) is 36.9 Å². The topological polar surface area (TPSA) is 61.4 Å². The second-order valence-electron chi connectivity index (χ2n) is 7.57. The minimum absolute atomic E-state index is 0.125. The van der Waals surface area contributed by atoms with Crippen molar-refractivity contribution >= 4 is 11.9 Å². The number of piperazine rings is 1. The minimum Gasteiger partial charge on any atom is -0.353 e. The number of alkyl halides is 3. The smallest absolute Gasteiger partial charge is 0.353 e. The van der Waals surface area contributed by atoms with E-state index in [0.717, 1.165) is 0 Å². The van der Waals surface area contributed by atoms with Crippen molar-refractivity contribution in [1.29, 1.82) is 0 Å². The van der Waals surface area contributed by atoms with Crippen LogP contribution in [0.5, 0.6) is 0 Å². The Balaban J connectivity index is 1.79. The molecule has 0 aromatic heterocycles. The molecule has 0 bridgehead atoms. The van der Waals surface area contributed by atoms with E-state index in [2.05, 4.69) is 10.6 Å². The van der Waals surface area contributed by atoms with Gasteiger partial charge in [0.15, 0.2) is 0 Å². The quantitative estimate of drug-likeness (QED) is 0.764. The van der Waals surface area contributed by atoms with E-state index in [1.54, 1.807) is 26.0 Å². The number of aryl methyl sites for hydroxylation is 1. The van der Waals surface area contributed by atoms with Gasteiger partial charge in [0.05, 0.1) is 12.0 Å². The SMILES string of the molecule is Cc1ccc(C(NC(=O)N2CCNC(=O)[C@H]2C)C2CC(C(F)(F)F)C2)cc1F. The highest BCUT2D eigenvalue weighted by Gasteiger charge is 2.50. The molecule has 5 nitrogen and oxygen atoms in total. The molecule has 2 aliphatic rings. The lowest BCUT2D eigenvalue weighted by molar-refractivity contribution is -0.206. The highest BCUT2D eigenvalue weighted by molar-refractivity contribution is 5.88. The molecule has 3 amide bonds. The number of rotatable bonds is 3. The van der Waals surface area contributed by atoms with Crippen LogP contribution in [0.4, 0.5) is 22.4 Å². The fraction of sp³-hybridized carbons (Fsp3) is 0.579. The molecule has 1 heterocycles. The first-order valence-corrected chi connectivity index (χ1v) is 9.25. The molecule has 1 aromatic carbocycles. The predicted octanol–water partition coefficient (Wildman–Crippen LogP) is 3.29. The average molecular weight is 401 g/mol. The molecule has 1 saturated carbocycles. The van der Waals surface area contributed by atoms with Crippen LogP contribution in [0.3, 0.4) is 0 Å². The number of hydrogen-bond acceptors (Lipinski definition) is 2. The van der Waals surface area contributed by atoms with Crippen molar-refractivity contribution in [3.8, 4) is 0 Å². The van der Waals surface area contributed by atoms with E-state index >= 15 is 0 Å². The zero-order chi connectivity index (χ0) is 20.6. The Kier molecular flexibility index (Phi) is 5.54. The van der Waals surface area contributed by atoms with E-state index in [0.29, 0.717) is 24.2 Å². The van der Waals surface area contributed by atoms with E-state index < -0.39 is 41.9 Å². The van der Waals surface area contributed by atoms with Gasteiger partial charge in [-0.3, -0.25) is 4.79 Å². The van der Waals surface area contributed by atoms with Crippen molar-refractivity contribution in [2.24, 2.45) is 11.8 Å². The summed E-state index contributed by atoms with van der Waals surface area (Å²) < 4.78 is 52.8. The Labute approximate surface area is 160 Å². The molecule has 154 valence electrons. The third-order valence-corrected chi connectivity index (χ3v) is 5.70. The molecule has 2 N–H and O–H groups in total. The van der Waals surface area contributed by atoms with Crippen LogP contribution >= 0.6 is 0 Å². The van der Waals surface area contributed by atoms with Crippen LogP contribution in [0, 0.1) is 24.6 Å². The van der Waals surface area contributed by atoms with Crippen LogP contribution in [-0.2, 0) is 4.79 Å². The maximum absolute atomic E-state index is 14.0. The number of hydrogen-bond donors (Lipinski definition) is 2. The molecule has 2 fully saturated rings. The molecule has 1 unspecified atom stereocenters. The molecule has 0 radical (unpaired) electrons. The van der Waals surface area contributed by atoms with Crippen molar-refractivity contribution in [3.63, 3.8) is 0 Å². The second-order valence-corrected chi connectivity index (χ2v) is 7.57. The van der Waals surface area contributed by atoms with Crippen LogP contribution in [0.25, 0.3) is 0 Å². The molecule has 1 aliphatic heterocycles. The lowest BCUT2D eigenvalue weighted by Gasteiger charge is -2.43. The largest absolute Gasteiger partial charge is 0.391 e. The number of amides is 3. The summed E-state index contributed by atoms with van der Waals surface area (Å²) in [5, 5.41) is 5.40. The molecule has 1 saturated heterocycles. The molecule has 1 aromatic rings. The summed E-state index contributed by atoms with van der Waals surface area (Å²) in [5.74, 6) is -2.63. The Bertz CT molecular complexity index is 762. The number of nitrogens with one attached hydrogen (secondary N) is 2. The molecular weight excluding hydrogens is 378 g/mol. The summed E-state index contributed by atoms with van der Waals surface area (Å²) in [7, 11) is 0. The first-order valence-electron chi connectivity index (χ1n) is 9.25. The first-order chi connectivity index (χ1) is 13.1. The summed E-state index contributed by atoms with van der Waals surface area (Å²) in [5.41, 5.74) is 0.841. The molecule has 1 aliphatic carbocycles. The zero-order valence-corrected chi connectivity index (χ0v) is 15.6. The number of urea groups is 1. The highest BCUT2D eigenvalue weighted by Crippen LogP contribution is 2.49. The lowest BCUT2D eigenvalue weighted by atomic mass is 9.69. The number of carbonyl (C=O) groups is 2. The molecule has 0 spiro atoms. The van der Waals surface area contributed by atoms with Gasteiger partial charge in [-0.2, -0.15) is 13.2 Å². The standard InChI is InChI=1S/C19H23F4N3O2/c1-10-3-4-12(9-15(10)20)16(13-7-14(8-13)19(21,22)23)25-18(28)26-6-5-24-17(27)11(26)2/h3-4,9,11,13-14,16H,5-8H2,1-2H3,(H,24,27)(H,25,28)/t11-,13?,14?,16?/m1/s1. The maximum atomic E-state index is 14.0. The van der Waals surface area contributed by atoms with Crippen LogP contribution in [0.15, 0.2) is 18.2 Å². The van der Waals surface area contributed by atoms with Crippen molar-refractivity contribution in [3.05, 3.63) is 35.1 Å². The maximum Gasteiger partial charge on any atom is 0.391 e. The summed E-state index contributed by atoms with van der Waals surface area (Å²) in [6, 6.07) is 2.45. The minimum atomic E-state index is -4.27. The fourth-order valence-electron chi connectivity index (χ4n) is 3.75. The van der Waals surface area contributed by atoms with Crippen LogP contribution in [-0.4, -0.2) is 42.1 Å². The Morgan fingerprint density at radius 2 is 2.00 bits per heavy atom. The van der Waals surface area contributed by atoms with Gasteiger partial charge in [-0.25, -0.2) is 9.18 Å². The zero-order valence-electron chi connectivity index (χ0n) is 15.6. The molecule has 28 heavy (non-hydrogen) atoms. The van der Waals surface area contributed by atoms with Gasteiger partial charge < -0.3 is 15.5 Å². The Morgan fingerprint density at radius 1 is 1.32 bits per heavy atom. The number of nitrogens with zero attached hydrogens (tertiary/aromatic N) is 1. The Hall–Kier alpha value is -2.32. The summed E-state index contributed by atoms with van der Waals surface area (Å²) >= 11 is 0. The summed E-state index contributed by atoms with van der Waals surface area (Å²) in [6.45, 7) is 3.77. The van der Waals surface area contributed by atoms with Gasteiger partial charge >= 0.3 is 12.2 Å². The molecule has 2 atom stereocenters. The van der Waals surface area contributed by atoms with Crippen molar-refractivity contribution in [2.75, 3.05) is 13.1 Å². The van der Waals surface area contributed by atoms with Crippen LogP contribution in [0.2, 0.25) is 0 Å². The number of carbonyl (C=O) groups excluding carboxylic acids is 2. The fourth-order valence-corrected chi connectivity index (χ4v) is 3.75. The van der Waals surface area contributed by atoms with Gasteiger partial charge in [-0.15, -0.1) is 0 Å². The second kappa shape index (κ2) is 7.60. The number of benzene rings is 1. The van der Waals surface area contributed by atoms with Gasteiger partial charge in [0.1, 0.15) is 11.9 Å². The van der Waals surface area contributed by atoms with Gasteiger partial charge in [0.2, 0.25) is 5.91 Å². The van der Waals surface area contributed by atoms with Gasteiger partial charge in [-0.05, 0) is 49.8 Å². The van der Waals surface area contributed by atoms with E-state index in [4.69, 9.17) is 0 Å². The van der Waals surface area contributed by atoms with Gasteiger partial charge in [0.25, 0.3) is 0 Å². The van der Waals surface area contributed by atoms with E-state index in [9.17, 15) is 27.2 Å². The van der Waals surface area contributed by atoms with Crippen molar-refractivity contribution in [1.82, 2.24) is 15.5 Å². The van der Waals surface area contributed by atoms with E-state index in [1.807, 2.05) is 0 Å². The van der Waals surface area contributed by atoms with Crippen molar-refractivity contribution in [2.45, 2.75) is 44.9 Å². The summed E-state index contributed by atoms with van der Waals surface area (Å²) in [4.78, 5) is 25.9. The van der Waals surface area contributed by atoms with Crippen molar-refractivity contribution < 1.29 is 27.2 Å². The van der Waals surface area contributed by atoms with Gasteiger partial charge in [0, 0.05) is 13.1 Å². The first kappa shape index (κ1) is 20.4. The van der Waals surface area contributed by atoms with E-state index in [1.165, 1.54) is 11.0 Å². The van der Waals surface area contributed by atoms with Crippen LogP contribution < -0.4 is 10.6 Å². The normalized spacial score (nSPS) is 26.3. The van der Waals surface area contributed by atoms with Gasteiger partial charge in [-0.1, -0.05) is 12.1 Å². The monoisotopic (exact) mass is 401 g/mol. The third-order valence-electron chi connectivity index (χ3n) is 5.70.